The molecule has 1 N–H and O–H groups in total. The third kappa shape index (κ3) is 1.55. The minimum Gasteiger partial charge on any atom is -0.359 e. The van der Waals surface area contributed by atoms with E-state index in [0.29, 0.717) is 6.04 Å². The molecule has 0 atom stereocenters. The van der Waals surface area contributed by atoms with E-state index in [2.05, 4.69) is 33.0 Å². The van der Waals surface area contributed by atoms with Gasteiger partial charge in [-0.25, -0.2) is 4.98 Å². The molecule has 1 saturated carbocycles. The predicted octanol–water partition coefficient (Wildman–Crippen LogP) is 3.22. The van der Waals surface area contributed by atoms with E-state index in [-0.39, 0.29) is 11.2 Å². The number of aromatic nitrogens is 1. The van der Waals surface area contributed by atoms with Crippen LogP contribution in [0.1, 0.15) is 51.1 Å². The second-order valence-corrected chi connectivity index (χ2v) is 6.74. The van der Waals surface area contributed by atoms with Crippen molar-refractivity contribution < 1.29 is 4.74 Å². The van der Waals surface area contributed by atoms with Crippen molar-refractivity contribution in [3.05, 3.63) is 10.6 Å². The fourth-order valence-corrected chi connectivity index (χ4v) is 3.56. The summed E-state index contributed by atoms with van der Waals surface area (Å²) < 4.78 is 6.04. The number of nitrogens with one attached hydrogen (secondary N) is 1. The number of nitrogens with zero attached hydrogens (tertiary/aromatic N) is 1. The Balaban J connectivity index is 1.98. The monoisotopic (exact) mass is 238 g/mol. The first-order chi connectivity index (χ1) is 7.38. The number of hydrogen-bond acceptors (Lipinski definition) is 4. The molecule has 0 saturated heterocycles. The fraction of sp³-hybridized carbons (Fsp3) is 0.750. The maximum Gasteiger partial charge on any atom is 0.183 e. The molecule has 3 rings (SSSR count). The summed E-state index contributed by atoms with van der Waals surface area (Å²) in [7, 11) is 0. The van der Waals surface area contributed by atoms with Crippen LogP contribution in [0.4, 0.5) is 5.13 Å². The topological polar surface area (TPSA) is 34.1 Å². The molecular formula is C12H18N2OS. The second-order valence-electron chi connectivity index (χ2n) is 5.74. The van der Waals surface area contributed by atoms with E-state index in [4.69, 9.17) is 9.72 Å². The van der Waals surface area contributed by atoms with Crippen molar-refractivity contribution in [2.45, 2.75) is 57.8 Å². The molecule has 4 heteroatoms. The zero-order chi connectivity index (χ0) is 11.6. The second kappa shape index (κ2) is 2.99. The molecule has 2 aliphatic rings. The van der Waals surface area contributed by atoms with Crippen LogP contribution >= 0.6 is 11.3 Å². The molecule has 0 radical (unpaired) electrons. The van der Waals surface area contributed by atoms with E-state index in [0.717, 1.165) is 10.8 Å². The van der Waals surface area contributed by atoms with Crippen molar-refractivity contribution in [1.82, 2.24) is 4.98 Å². The molecule has 88 valence electrons. The Labute approximate surface area is 100 Å². The third-order valence-corrected chi connectivity index (χ3v) is 4.45. The van der Waals surface area contributed by atoms with Crippen molar-refractivity contribution in [2.24, 2.45) is 0 Å². The van der Waals surface area contributed by atoms with Gasteiger partial charge in [0.1, 0.15) is 5.60 Å². The molecule has 1 fully saturated rings. The van der Waals surface area contributed by atoms with Gasteiger partial charge in [0.15, 0.2) is 5.13 Å². The Morgan fingerprint density at radius 2 is 1.94 bits per heavy atom. The van der Waals surface area contributed by atoms with Crippen molar-refractivity contribution in [2.75, 3.05) is 5.32 Å². The highest BCUT2D eigenvalue weighted by molar-refractivity contribution is 7.15. The Bertz CT molecular complexity index is 401. The first kappa shape index (κ1) is 10.5. The van der Waals surface area contributed by atoms with Gasteiger partial charge in [-0.15, -0.1) is 0 Å². The SMILES string of the molecule is CC1(C)OC(C)(C)c2sc(NC3CC3)nc21. The van der Waals surface area contributed by atoms with Gasteiger partial charge in [0.25, 0.3) is 0 Å². The number of thiazole rings is 1. The summed E-state index contributed by atoms with van der Waals surface area (Å²) >= 11 is 1.75. The average Bonchev–Trinajstić information content (AvgIpc) is 2.74. The highest BCUT2D eigenvalue weighted by atomic mass is 32.1. The molecule has 1 aliphatic carbocycles. The summed E-state index contributed by atoms with van der Waals surface area (Å²) in [6.07, 6.45) is 2.57. The van der Waals surface area contributed by atoms with Gasteiger partial charge in [-0.3, -0.25) is 0 Å². The van der Waals surface area contributed by atoms with Crippen molar-refractivity contribution >= 4 is 16.5 Å². The predicted molar refractivity (Wildman–Crippen MR) is 65.9 cm³/mol. The minimum atomic E-state index is -0.251. The van der Waals surface area contributed by atoms with E-state index in [9.17, 15) is 0 Å². The molecule has 2 heterocycles. The third-order valence-electron chi connectivity index (χ3n) is 3.16. The lowest BCUT2D eigenvalue weighted by Crippen LogP contribution is -2.23. The molecular weight excluding hydrogens is 220 g/mol. The molecule has 0 bridgehead atoms. The van der Waals surface area contributed by atoms with Crippen molar-refractivity contribution in [3.63, 3.8) is 0 Å². The van der Waals surface area contributed by atoms with Gasteiger partial charge in [-0.1, -0.05) is 11.3 Å². The maximum atomic E-state index is 6.04. The van der Waals surface area contributed by atoms with Gasteiger partial charge in [-0.05, 0) is 40.5 Å². The van der Waals surface area contributed by atoms with Crippen LogP contribution in [-0.4, -0.2) is 11.0 Å². The van der Waals surface area contributed by atoms with Crippen LogP contribution in [0, 0.1) is 0 Å². The van der Waals surface area contributed by atoms with Gasteiger partial charge in [0.2, 0.25) is 0 Å². The van der Waals surface area contributed by atoms with Crippen LogP contribution in [0.5, 0.6) is 0 Å². The van der Waals surface area contributed by atoms with Crippen LogP contribution in [0.3, 0.4) is 0 Å². The molecule has 1 aromatic rings. The van der Waals surface area contributed by atoms with Gasteiger partial charge >= 0.3 is 0 Å². The standard InChI is InChI=1S/C12H18N2OS/c1-11(2)8-9(12(3,4)15-11)16-10(14-8)13-7-5-6-7/h7H,5-6H2,1-4H3,(H,13,14). The average molecular weight is 238 g/mol. The molecule has 3 nitrogen and oxygen atoms in total. The van der Waals surface area contributed by atoms with Crippen molar-refractivity contribution in [1.29, 1.82) is 0 Å². The van der Waals surface area contributed by atoms with Crippen LogP contribution < -0.4 is 5.32 Å². The first-order valence-electron chi connectivity index (χ1n) is 5.87. The summed E-state index contributed by atoms with van der Waals surface area (Å²) in [5, 5.41) is 4.54. The lowest BCUT2D eigenvalue weighted by molar-refractivity contribution is -0.105. The molecule has 0 aromatic carbocycles. The number of ether oxygens (including phenoxy) is 1. The van der Waals surface area contributed by atoms with Crippen LogP contribution in [0.15, 0.2) is 0 Å². The zero-order valence-electron chi connectivity index (χ0n) is 10.3. The van der Waals surface area contributed by atoms with Crippen LogP contribution in [-0.2, 0) is 15.9 Å². The molecule has 1 aromatic heterocycles. The summed E-state index contributed by atoms with van der Waals surface area (Å²) in [4.78, 5) is 5.98. The van der Waals surface area contributed by atoms with E-state index in [1.165, 1.54) is 17.7 Å². The lowest BCUT2D eigenvalue weighted by Gasteiger charge is -2.24. The minimum absolute atomic E-state index is 0.194. The highest BCUT2D eigenvalue weighted by Gasteiger charge is 2.46. The normalized spacial score (nSPS) is 25.5. The number of fused-ring (bicyclic) bond motifs is 1. The highest BCUT2D eigenvalue weighted by Crippen LogP contribution is 2.50. The van der Waals surface area contributed by atoms with E-state index >= 15 is 0 Å². The maximum absolute atomic E-state index is 6.04. The molecule has 0 amide bonds. The Kier molecular flexibility index (Phi) is 1.97. The zero-order valence-corrected chi connectivity index (χ0v) is 11.1. The largest absolute Gasteiger partial charge is 0.359 e. The summed E-state index contributed by atoms with van der Waals surface area (Å²) in [6, 6.07) is 0.665. The Morgan fingerprint density at radius 1 is 1.25 bits per heavy atom. The molecule has 0 unspecified atom stereocenters. The Morgan fingerprint density at radius 3 is 2.50 bits per heavy atom. The van der Waals surface area contributed by atoms with Gasteiger partial charge in [0, 0.05) is 6.04 Å². The Hall–Kier alpha value is -0.610. The number of rotatable bonds is 2. The quantitative estimate of drug-likeness (QED) is 0.859. The smallest absolute Gasteiger partial charge is 0.183 e. The number of anilines is 1. The fourth-order valence-electron chi connectivity index (χ4n) is 2.33. The van der Waals surface area contributed by atoms with Gasteiger partial charge < -0.3 is 10.1 Å². The number of hydrogen-bond donors (Lipinski definition) is 1. The van der Waals surface area contributed by atoms with E-state index in [1.807, 2.05) is 0 Å². The summed E-state index contributed by atoms with van der Waals surface area (Å²) in [5.74, 6) is 0. The summed E-state index contributed by atoms with van der Waals surface area (Å²) in [5.41, 5.74) is 0.671. The molecule has 1 aliphatic heterocycles. The van der Waals surface area contributed by atoms with Crippen molar-refractivity contribution in [3.8, 4) is 0 Å². The molecule has 0 spiro atoms. The van der Waals surface area contributed by atoms with E-state index < -0.39 is 0 Å². The molecule has 16 heavy (non-hydrogen) atoms. The first-order valence-corrected chi connectivity index (χ1v) is 6.69. The van der Waals surface area contributed by atoms with Crippen LogP contribution in [0.25, 0.3) is 0 Å². The lowest BCUT2D eigenvalue weighted by atomic mass is 10.0. The van der Waals surface area contributed by atoms with Crippen LogP contribution in [0.2, 0.25) is 0 Å². The van der Waals surface area contributed by atoms with E-state index in [1.54, 1.807) is 11.3 Å². The summed E-state index contributed by atoms with van der Waals surface area (Å²) in [6.45, 7) is 8.45. The van der Waals surface area contributed by atoms with Gasteiger partial charge in [-0.2, -0.15) is 0 Å². The van der Waals surface area contributed by atoms with Gasteiger partial charge in [0.05, 0.1) is 16.2 Å².